The average molecular weight is 224 g/mol. The lowest BCUT2D eigenvalue weighted by Crippen LogP contribution is -2.26. The second kappa shape index (κ2) is 10.2. The van der Waals surface area contributed by atoms with Crippen LogP contribution in [0.25, 0.3) is 0 Å². The van der Waals surface area contributed by atoms with Crippen LogP contribution in [0.15, 0.2) is 6.08 Å². The molecule has 0 aromatic rings. The van der Waals surface area contributed by atoms with Crippen LogP contribution in [0.5, 0.6) is 0 Å². The van der Waals surface area contributed by atoms with Crippen LogP contribution in [0.4, 0.5) is 0 Å². The van der Waals surface area contributed by atoms with Gasteiger partial charge in [-0.15, -0.1) is 6.54 Å². The van der Waals surface area contributed by atoms with Gasteiger partial charge in [0.1, 0.15) is 0 Å². The highest BCUT2D eigenvalue weighted by atomic mass is 16.2. The monoisotopic (exact) mass is 224 g/mol. The van der Waals surface area contributed by atoms with Crippen LogP contribution >= 0.6 is 0 Å². The van der Waals surface area contributed by atoms with Crippen LogP contribution in [0.1, 0.15) is 39.5 Å². The van der Waals surface area contributed by atoms with Gasteiger partial charge in [-0.1, -0.05) is 19.8 Å². The second-order valence-electron chi connectivity index (χ2n) is 3.33. The van der Waals surface area contributed by atoms with E-state index in [0.717, 1.165) is 12.8 Å². The number of carbonyl (C=O) groups excluding carboxylic acids is 2. The number of rotatable bonds is 8. The van der Waals surface area contributed by atoms with E-state index in [2.05, 4.69) is 23.6 Å². The predicted molar refractivity (Wildman–Crippen MR) is 63.1 cm³/mol. The van der Waals surface area contributed by atoms with Crippen molar-refractivity contribution in [1.82, 2.24) is 10.6 Å². The zero-order valence-electron chi connectivity index (χ0n) is 10.0. The fraction of sp³-hybridized carbons (Fsp3) is 0.583. The molecule has 0 unspecified atom stereocenters. The summed E-state index contributed by atoms with van der Waals surface area (Å²) in [5.74, 6) is -0.258. The molecule has 0 rings (SSSR count). The Morgan fingerprint density at radius 2 is 2.00 bits per heavy atom. The normalized spacial score (nSPS) is 10.4. The molecule has 0 saturated heterocycles. The molecule has 92 valence electrons. The summed E-state index contributed by atoms with van der Waals surface area (Å²) in [5.41, 5.74) is 0. The Balaban J connectivity index is 3.48. The maximum Gasteiger partial charge on any atom is 0.218 e. The van der Waals surface area contributed by atoms with Gasteiger partial charge in [-0.2, -0.15) is 6.92 Å². The molecular formula is C12H20N2O2-2. The fourth-order valence-electron chi connectivity index (χ4n) is 1.02. The Morgan fingerprint density at radius 3 is 2.62 bits per heavy atom. The van der Waals surface area contributed by atoms with E-state index in [-0.39, 0.29) is 24.7 Å². The van der Waals surface area contributed by atoms with Crippen LogP contribution in [0, 0.1) is 12.6 Å². The minimum atomic E-state index is -0.136. The molecule has 0 fully saturated rings. The Hall–Kier alpha value is -1.32. The van der Waals surface area contributed by atoms with Crippen molar-refractivity contribution in [2.24, 2.45) is 0 Å². The minimum Gasteiger partial charge on any atom is -0.506 e. The molecule has 0 bridgehead atoms. The van der Waals surface area contributed by atoms with Crippen molar-refractivity contribution in [2.45, 2.75) is 39.5 Å². The van der Waals surface area contributed by atoms with Crippen LogP contribution in [-0.4, -0.2) is 18.4 Å². The van der Waals surface area contributed by atoms with Gasteiger partial charge in [-0.05, 0) is 0 Å². The van der Waals surface area contributed by atoms with Crippen molar-refractivity contribution in [1.29, 1.82) is 0 Å². The molecule has 4 heteroatoms. The molecule has 0 aliphatic carbocycles. The third-order valence-electron chi connectivity index (χ3n) is 1.85. The molecule has 0 aliphatic rings. The molecule has 0 atom stereocenters. The van der Waals surface area contributed by atoms with Gasteiger partial charge in [0.2, 0.25) is 5.91 Å². The average Bonchev–Trinajstić information content (AvgIpc) is 2.26. The first kappa shape index (κ1) is 14.7. The minimum absolute atomic E-state index is 0.122. The SMILES string of the molecule is C[CH-]NC(=O)CCC(=O)NC[C-]=CCCC. The van der Waals surface area contributed by atoms with Crippen molar-refractivity contribution in [3.8, 4) is 0 Å². The highest BCUT2D eigenvalue weighted by Crippen LogP contribution is 1.90. The molecule has 0 radical (unpaired) electrons. The van der Waals surface area contributed by atoms with Crippen molar-refractivity contribution in [3.63, 3.8) is 0 Å². The van der Waals surface area contributed by atoms with Crippen LogP contribution in [0.2, 0.25) is 0 Å². The summed E-state index contributed by atoms with van der Waals surface area (Å²) in [6.07, 6.45) is 7.37. The largest absolute Gasteiger partial charge is 0.506 e. The standard InChI is InChI=1S/C12H20N2O2/c1-3-5-6-7-10-14-12(16)9-8-11(15)13-4-2/h4,6H,3,5,8-10H2,1-2H3,(H,13,15)(H,14,16)/q-2. The summed E-state index contributed by atoms with van der Waals surface area (Å²) >= 11 is 0. The molecule has 4 nitrogen and oxygen atoms in total. The van der Waals surface area contributed by atoms with E-state index in [1.54, 1.807) is 13.5 Å². The maximum absolute atomic E-state index is 11.2. The second-order valence-corrected chi connectivity index (χ2v) is 3.33. The lowest BCUT2D eigenvalue weighted by atomic mass is 10.2. The lowest BCUT2D eigenvalue weighted by Gasteiger charge is -2.11. The number of unbranched alkanes of at least 4 members (excludes halogenated alkanes) is 1. The zero-order valence-corrected chi connectivity index (χ0v) is 10.0. The summed E-state index contributed by atoms with van der Waals surface area (Å²) in [4.78, 5) is 22.2. The molecule has 0 spiro atoms. The van der Waals surface area contributed by atoms with E-state index in [4.69, 9.17) is 0 Å². The Kier molecular flexibility index (Phi) is 9.36. The van der Waals surface area contributed by atoms with Crippen LogP contribution < -0.4 is 10.6 Å². The maximum atomic E-state index is 11.2. The fourth-order valence-corrected chi connectivity index (χ4v) is 1.02. The van der Waals surface area contributed by atoms with Crippen molar-refractivity contribution >= 4 is 11.8 Å². The Bertz CT molecular complexity index is 237. The first-order chi connectivity index (χ1) is 7.70. The smallest absolute Gasteiger partial charge is 0.218 e. The van der Waals surface area contributed by atoms with Gasteiger partial charge in [-0.3, -0.25) is 15.7 Å². The van der Waals surface area contributed by atoms with E-state index < -0.39 is 0 Å². The third-order valence-corrected chi connectivity index (χ3v) is 1.85. The third kappa shape index (κ3) is 9.24. The Labute approximate surface area is 97.5 Å². The first-order valence-electron chi connectivity index (χ1n) is 5.59. The van der Waals surface area contributed by atoms with Gasteiger partial charge in [0.05, 0.1) is 0 Å². The number of nitrogens with one attached hydrogen (secondary N) is 2. The van der Waals surface area contributed by atoms with E-state index in [1.165, 1.54) is 0 Å². The molecule has 2 N–H and O–H groups in total. The van der Waals surface area contributed by atoms with Crippen LogP contribution in [0.3, 0.4) is 0 Å². The van der Waals surface area contributed by atoms with Gasteiger partial charge >= 0.3 is 0 Å². The first-order valence-corrected chi connectivity index (χ1v) is 5.59. The number of hydrogen-bond donors (Lipinski definition) is 2. The van der Waals surface area contributed by atoms with Crippen molar-refractivity contribution in [3.05, 3.63) is 18.7 Å². The molecule has 16 heavy (non-hydrogen) atoms. The van der Waals surface area contributed by atoms with E-state index in [0.29, 0.717) is 6.54 Å². The quantitative estimate of drug-likeness (QED) is 0.611. The summed E-state index contributed by atoms with van der Waals surface area (Å²) in [7, 11) is 0. The van der Waals surface area contributed by atoms with Gasteiger partial charge < -0.3 is 16.7 Å². The topological polar surface area (TPSA) is 58.2 Å². The van der Waals surface area contributed by atoms with Gasteiger partial charge in [0, 0.05) is 12.8 Å². The van der Waals surface area contributed by atoms with E-state index in [1.807, 2.05) is 6.08 Å². The van der Waals surface area contributed by atoms with E-state index >= 15 is 0 Å². The predicted octanol–water partition coefficient (Wildman–Crippen LogP) is 1.34. The number of amides is 2. The molecule has 0 heterocycles. The molecule has 2 amide bonds. The summed E-state index contributed by atoms with van der Waals surface area (Å²) < 4.78 is 0. The van der Waals surface area contributed by atoms with Crippen LogP contribution in [-0.2, 0) is 9.59 Å². The van der Waals surface area contributed by atoms with Gasteiger partial charge in [0.25, 0.3) is 0 Å². The number of allylic oxidation sites excluding steroid dienone is 1. The lowest BCUT2D eigenvalue weighted by molar-refractivity contribution is -0.126. The van der Waals surface area contributed by atoms with Gasteiger partial charge in [0.15, 0.2) is 5.91 Å². The molecule has 0 aromatic carbocycles. The van der Waals surface area contributed by atoms with Crippen molar-refractivity contribution < 1.29 is 9.59 Å². The molecule has 0 saturated carbocycles. The molecule has 0 aromatic heterocycles. The molecular weight excluding hydrogens is 204 g/mol. The number of carbonyl (C=O) groups is 2. The summed E-state index contributed by atoms with van der Waals surface area (Å²) in [5, 5.41) is 5.19. The summed E-state index contributed by atoms with van der Waals surface area (Å²) in [6, 6.07) is 0. The van der Waals surface area contributed by atoms with Gasteiger partial charge in [-0.25, -0.2) is 6.54 Å². The molecule has 0 aliphatic heterocycles. The number of hydrogen-bond acceptors (Lipinski definition) is 2. The Morgan fingerprint density at radius 1 is 1.31 bits per heavy atom. The highest BCUT2D eigenvalue weighted by molar-refractivity contribution is 5.83. The highest BCUT2D eigenvalue weighted by Gasteiger charge is 2.01. The zero-order chi connectivity index (χ0) is 12.2. The summed E-state index contributed by atoms with van der Waals surface area (Å²) in [6.45, 7) is 5.79. The van der Waals surface area contributed by atoms with Crippen molar-refractivity contribution in [2.75, 3.05) is 6.54 Å². The van der Waals surface area contributed by atoms with E-state index in [9.17, 15) is 9.59 Å².